The first kappa shape index (κ1) is 13.4. The quantitative estimate of drug-likeness (QED) is 0.742. The third-order valence-electron chi connectivity index (χ3n) is 4.50. The molecule has 0 saturated heterocycles. The highest BCUT2D eigenvalue weighted by atomic mass is 14.6. The van der Waals surface area contributed by atoms with E-state index >= 15 is 0 Å². The number of rotatable bonds is 1. The maximum absolute atomic E-state index is 6.47. The zero-order chi connectivity index (χ0) is 14.2. The van der Waals surface area contributed by atoms with Crippen LogP contribution in [0.3, 0.4) is 0 Å². The van der Waals surface area contributed by atoms with Crippen LogP contribution in [-0.2, 0) is 6.42 Å². The van der Waals surface area contributed by atoms with Crippen LogP contribution in [0.1, 0.15) is 43.9 Å². The molecule has 0 radical (unpaired) electrons. The van der Waals surface area contributed by atoms with Gasteiger partial charge in [0.05, 0.1) is 0 Å². The minimum atomic E-state index is 0.158. The first-order chi connectivity index (χ1) is 9.55. The highest BCUT2D eigenvalue weighted by Crippen LogP contribution is 2.39. The van der Waals surface area contributed by atoms with Gasteiger partial charge in [0.1, 0.15) is 0 Å². The van der Waals surface area contributed by atoms with Gasteiger partial charge in [-0.1, -0.05) is 56.3 Å². The van der Waals surface area contributed by atoms with Gasteiger partial charge < -0.3 is 5.73 Å². The lowest BCUT2D eigenvalue weighted by Gasteiger charge is -2.24. The van der Waals surface area contributed by atoms with E-state index in [0.717, 1.165) is 12.8 Å². The first-order valence-electron chi connectivity index (χ1n) is 7.49. The molecule has 0 bridgehead atoms. The van der Waals surface area contributed by atoms with Crippen molar-refractivity contribution < 1.29 is 0 Å². The van der Waals surface area contributed by atoms with E-state index in [1.165, 1.54) is 28.7 Å². The maximum atomic E-state index is 6.47. The van der Waals surface area contributed by atoms with Gasteiger partial charge in [0.25, 0.3) is 0 Å². The Hall–Kier alpha value is -1.60. The lowest BCUT2D eigenvalue weighted by atomic mass is 9.83. The molecule has 1 heteroatoms. The summed E-state index contributed by atoms with van der Waals surface area (Å²) in [7, 11) is 0. The standard InChI is InChI=1S/C19H23N/c1-19(2)11-10-15-8-9-16(12-17(15)18(20)13-19)14-6-4-3-5-7-14/h3-9,12,18H,10-11,13,20H2,1-2H3. The van der Waals surface area contributed by atoms with Gasteiger partial charge in [0, 0.05) is 6.04 Å². The van der Waals surface area contributed by atoms with Crippen molar-refractivity contribution in [3.63, 3.8) is 0 Å². The van der Waals surface area contributed by atoms with Crippen molar-refractivity contribution in [1.29, 1.82) is 0 Å². The summed E-state index contributed by atoms with van der Waals surface area (Å²) in [6, 6.07) is 17.5. The fraction of sp³-hybridized carbons (Fsp3) is 0.368. The molecule has 0 fully saturated rings. The summed E-state index contributed by atoms with van der Waals surface area (Å²) in [4.78, 5) is 0. The highest BCUT2D eigenvalue weighted by Gasteiger charge is 2.27. The number of aryl methyl sites for hydroxylation is 1. The summed E-state index contributed by atoms with van der Waals surface area (Å²) < 4.78 is 0. The molecule has 1 aliphatic rings. The van der Waals surface area contributed by atoms with E-state index in [1.807, 2.05) is 0 Å². The molecule has 1 unspecified atom stereocenters. The van der Waals surface area contributed by atoms with Crippen LogP contribution in [0.25, 0.3) is 11.1 Å². The van der Waals surface area contributed by atoms with Crippen molar-refractivity contribution in [2.45, 2.75) is 39.2 Å². The van der Waals surface area contributed by atoms with Crippen LogP contribution in [0.15, 0.2) is 48.5 Å². The Morgan fingerprint density at radius 3 is 2.50 bits per heavy atom. The third-order valence-corrected chi connectivity index (χ3v) is 4.50. The van der Waals surface area contributed by atoms with Crippen LogP contribution in [0, 0.1) is 5.41 Å². The number of hydrogen-bond acceptors (Lipinski definition) is 1. The largest absolute Gasteiger partial charge is 0.324 e. The summed E-state index contributed by atoms with van der Waals surface area (Å²) in [6.07, 6.45) is 3.43. The van der Waals surface area contributed by atoms with E-state index in [2.05, 4.69) is 62.4 Å². The number of hydrogen-bond donors (Lipinski definition) is 1. The second-order valence-corrected chi connectivity index (χ2v) is 6.75. The topological polar surface area (TPSA) is 26.0 Å². The molecule has 0 aromatic heterocycles. The Morgan fingerprint density at radius 2 is 1.75 bits per heavy atom. The minimum Gasteiger partial charge on any atom is -0.324 e. The minimum absolute atomic E-state index is 0.158. The van der Waals surface area contributed by atoms with Gasteiger partial charge >= 0.3 is 0 Å². The molecule has 2 N–H and O–H groups in total. The van der Waals surface area contributed by atoms with Crippen LogP contribution >= 0.6 is 0 Å². The predicted octanol–water partition coefficient (Wildman–Crippen LogP) is 4.72. The number of fused-ring (bicyclic) bond motifs is 1. The molecule has 3 rings (SSSR count). The average Bonchev–Trinajstić information content (AvgIpc) is 2.56. The van der Waals surface area contributed by atoms with Crippen LogP contribution in [-0.4, -0.2) is 0 Å². The average molecular weight is 265 g/mol. The van der Waals surface area contributed by atoms with Crippen molar-refractivity contribution in [3.05, 3.63) is 59.7 Å². The summed E-state index contributed by atoms with van der Waals surface area (Å²) in [5, 5.41) is 0. The lowest BCUT2D eigenvalue weighted by molar-refractivity contribution is 0.294. The molecule has 2 aromatic carbocycles. The van der Waals surface area contributed by atoms with Gasteiger partial charge in [-0.15, -0.1) is 0 Å². The smallest absolute Gasteiger partial charge is 0.0302 e. The van der Waals surface area contributed by atoms with Crippen molar-refractivity contribution in [2.24, 2.45) is 11.1 Å². The first-order valence-corrected chi connectivity index (χ1v) is 7.49. The predicted molar refractivity (Wildman–Crippen MR) is 85.5 cm³/mol. The lowest BCUT2D eigenvalue weighted by Crippen LogP contribution is -2.19. The van der Waals surface area contributed by atoms with Gasteiger partial charge in [-0.3, -0.25) is 0 Å². The second-order valence-electron chi connectivity index (χ2n) is 6.75. The van der Waals surface area contributed by atoms with E-state index in [4.69, 9.17) is 5.73 Å². The molecule has 0 saturated carbocycles. The Morgan fingerprint density at radius 1 is 1.00 bits per heavy atom. The van der Waals surface area contributed by atoms with Crippen molar-refractivity contribution in [2.75, 3.05) is 0 Å². The number of benzene rings is 2. The molecule has 0 heterocycles. The monoisotopic (exact) mass is 265 g/mol. The Balaban J connectivity index is 2.01. The molecule has 20 heavy (non-hydrogen) atoms. The van der Waals surface area contributed by atoms with Gasteiger partial charge in [-0.2, -0.15) is 0 Å². The van der Waals surface area contributed by atoms with E-state index in [9.17, 15) is 0 Å². The zero-order valence-corrected chi connectivity index (χ0v) is 12.4. The molecule has 0 spiro atoms. The summed E-state index contributed by atoms with van der Waals surface area (Å²) in [6.45, 7) is 4.66. The molecule has 2 aromatic rings. The van der Waals surface area contributed by atoms with Crippen LogP contribution < -0.4 is 5.73 Å². The van der Waals surface area contributed by atoms with Crippen molar-refractivity contribution >= 4 is 0 Å². The Labute approximate surface area is 121 Å². The van der Waals surface area contributed by atoms with E-state index in [0.29, 0.717) is 5.41 Å². The van der Waals surface area contributed by atoms with Crippen LogP contribution in [0.4, 0.5) is 0 Å². The van der Waals surface area contributed by atoms with E-state index < -0.39 is 0 Å². The molecule has 1 aliphatic carbocycles. The van der Waals surface area contributed by atoms with Gasteiger partial charge in [-0.25, -0.2) is 0 Å². The van der Waals surface area contributed by atoms with Crippen molar-refractivity contribution in [3.8, 4) is 11.1 Å². The molecular formula is C19H23N. The molecule has 0 amide bonds. The second kappa shape index (κ2) is 5.06. The fourth-order valence-corrected chi connectivity index (χ4v) is 3.26. The van der Waals surface area contributed by atoms with Crippen LogP contribution in [0.2, 0.25) is 0 Å². The summed E-state index contributed by atoms with van der Waals surface area (Å²) in [5.74, 6) is 0. The molecule has 1 nitrogen and oxygen atoms in total. The van der Waals surface area contributed by atoms with Crippen LogP contribution in [0.5, 0.6) is 0 Å². The molecular weight excluding hydrogens is 242 g/mol. The molecule has 1 atom stereocenters. The fourth-order valence-electron chi connectivity index (χ4n) is 3.26. The van der Waals surface area contributed by atoms with Crippen molar-refractivity contribution in [1.82, 2.24) is 0 Å². The molecule has 104 valence electrons. The number of nitrogens with two attached hydrogens (primary N) is 1. The van der Waals surface area contributed by atoms with Gasteiger partial charge in [-0.05, 0) is 53.0 Å². The Bertz CT molecular complexity index is 598. The maximum Gasteiger partial charge on any atom is 0.0302 e. The van der Waals surface area contributed by atoms with E-state index in [1.54, 1.807) is 0 Å². The highest BCUT2D eigenvalue weighted by molar-refractivity contribution is 5.65. The summed E-state index contributed by atoms with van der Waals surface area (Å²) >= 11 is 0. The molecule has 0 aliphatic heterocycles. The third kappa shape index (κ3) is 2.64. The van der Waals surface area contributed by atoms with E-state index in [-0.39, 0.29) is 6.04 Å². The SMILES string of the molecule is CC1(C)CCc2ccc(-c3ccccc3)cc2C(N)C1. The van der Waals surface area contributed by atoms with Gasteiger partial charge in [0.15, 0.2) is 0 Å². The van der Waals surface area contributed by atoms with Gasteiger partial charge in [0.2, 0.25) is 0 Å². The normalized spacial score (nSPS) is 21.1. The summed E-state index contributed by atoms with van der Waals surface area (Å²) in [5.41, 5.74) is 12.1. The Kier molecular flexibility index (Phi) is 3.39. The zero-order valence-electron chi connectivity index (χ0n) is 12.4.